The molecular weight excluding hydrogens is 220 g/mol. The second-order valence-electron chi connectivity index (χ2n) is 4.89. The number of rotatable bonds is 1. The van der Waals surface area contributed by atoms with Crippen LogP contribution in [0.5, 0.6) is 0 Å². The fourth-order valence-electron chi connectivity index (χ4n) is 2.71. The van der Waals surface area contributed by atoms with E-state index in [9.17, 15) is 0 Å². The van der Waals surface area contributed by atoms with Crippen LogP contribution in [0.3, 0.4) is 0 Å². The smallest absolute Gasteiger partial charge is 0.103 e. The second-order valence-corrected chi connectivity index (χ2v) is 4.89. The average Bonchev–Trinajstić information content (AvgIpc) is 2.64. The number of nitrogens with zero attached hydrogens (tertiary/aromatic N) is 2. The summed E-state index contributed by atoms with van der Waals surface area (Å²) in [6.45, 7) is 4.41. The molecule has 1 aliphatic rings. The second kappa shape index (κ2) is 4.05. The fourth-order valence-corrected chi connectivity index (χ4v) is 2.71. The Kier molecular flexibility index (Phi) is 2.51. The highest BCUT2D eigenvalue weighted by Gasteiger charge is 2.31. The minimum absolute atomic E-state index is 0.350. The summed E-state index contributed by atoms with van der Waals surface area (Å²) in [5, 5.41) is 0. The predicted octanol–water partition coefficient (Wildman–Crippen LogP) is 3.93. The van der Waals surface area contributed by atoms with Gasteiger partial charge in [-0.3, -0.25) is 0 Å². The van der Waals surface area contributed by atoms with Crippen molar-refractivity contribution in [3.63, 3.8) is 0 Å². The van der Waals surface area contributed by atoms with Crippen molar-refractivity contribution < 1.29 is 0 Å². The normalized spacial score (nSPS) is 18.1. The van der Waals surface area contributed by atoms with Crippen molar-refractivity contribution in [1.82, 2.24) is 0 Å². The molecule has 0 N–H and O–H groups in total. The van der Waals surface area contributed by atoms with Crippen LogP contribution < -0.4 is 9.80 Å². The van der Waals surface area contributed by atoms with Crippen molar-refractivity contribution in [2.24, 2.45) is 0 Å². The highest BCUT2D eigenvalue weighted by molar-refractivity contribution is 5.84. The summed E-state index contributed by atoms with van der Waals surface area (Å²) in [5.41, 5.74) is 5.20. The van der Waals surface area contributed by atoms with Gasteiger partial charge in [0.15, 0.2) is 0 Å². The van der Waals surface area contributed by atoms with Gasteiger partial charge in [0.1, 0.15) is 6.17 Å². The molecule has 1 unspecified atom stereocenters. The zero-order chi connectivity index (χ0) is 12.7. The van der Waals surface area contributed by atoms with Crippen LogP contribution in [-0.2, 0) is 0 Å². The summed E-state index contributed by atoms with van der Waals surface area (Å²) in [6.07, 6.45) is 0.350. The lowest BCUT2D eigenvalue weighted by Crippen LogP contribution is -2.35. The molecule has 2 aromatic carbocycles. The Morgan fingerprint density at radius 3 is 2.06 bits per heavy atom. The van der Waals surface area contributed by atoms with Crippen molar-refractivity contribution in [2.75, 3.05) is 16.8 Å². The molecule has 0 amide bonds. The molecule has 0 aromatic heterocycles. The van der Waals surface area contributed by atoms with E-state index >= 15 is 0 Å². The summed E-state index contributed by atoms with van der Waals surface area (Å²) in [6, 6.07) is 17.2. The van der Waals surface area contributed by atoms with Gasteiger partial charge < -0.3 is 9.80 Å². The van der Waals surface area contributed by atoms with Crippen LogP contribution >= 0.6 is 0 Å². The standard InChI is InChI=1S/C16H18N2/c1-12-8-4-5-9-14(12)18-13(2)17(3)15-10-6-7-11-16(15)18/h4-11,13H,1-3H3. The largest absolute Gasteiger partial charge is 0.353 e. The van der Waals surface area contributed by atoms with Gasteiger partial charge in [0.05, 0.1) is 11.4 Å². The van der Waals surface area contributed by atoms with Gasteiger partial charge in [0, 0.05) is 12.7 Å². The molecule has 3 rings (SSSR count). The molecule has 1 atom stereocenters. The molecule has 0 spiro atoms. The lowest BCUT2D eigenvalue weighted by molar-refractivity contribution is 0.732. The average molecular weight is 238 g/mol. The van der Waals surface area contributed by atoms with E-state index in [0.717, 1.165) is 0 Å². The van der Waals surface area contributed by atoms with Crippen LogP contribution in [0.2, 0.25) is 0 Å². The van der Waals surface area contributed by atoms with Gasteiger partial charge in [-0.15, -0.1) is 0 Å². The van der Waals surface area contributed by atoms with E-state index in [1.54, 1.807) is 0 Å². The molecular formula is C16H18N2. The first-order valence-corrected chi connectivity index (χ1v) is 6.37. The van der Waals surface area contributed by atoms with E-state index < -0.39 is 0 Å². The molecule has 2 nitrogen and oxygen atoms in total. The first kappa shape index (κ1) is 11.1. The lowest BCUT2D eigenvalue weighted by atomic mass is 10.1. The molecule has 18 heavy (non-hydrogen) atoms. The number of benzene rings is 2. The summed E-state index contributed by atoms with van der Waals surface area (Å²) >= 11 is 0. The Bertz CT molecular complexity index is 577. The van der Waals surface area contributed by atoms with Gasteiger partial charge in [-0.25, -0.2) is 0 Å². The Balaban J connectivity index is 2.16. The SMILES string of the molecule is Cc1ccccc1N1c2ccccc2N(C)C1C. The first-order valence-electron chi connectivity index (χ1n) is 6.37. The van der Waals surface area contributed by atoms with E-state index in [2.05, 4.69) is 79.2 Å². The quantitative estimate of drug-likeness (QED) is 0.742. The van der Waals surface area contributed by atoms with Gasteiger partial charge >= 0.3 is 0 Å². The fraction of sp³-hybridized carbons (Fsp3) is 0.250. The molecule has 2 heteroatoms. The third kappa shape index (κ3) is 1.49. The summed E-state index contributed by atoms with van der Waals surface area (Å²) < 4.78 is 0. The van der Waals surface area contributed by atoms with Crippen molar-refractivity contribution in [1.29, 1.82) is 0 Å². The van der Waals surface area contributed by atoms with Crippen LogP contribution in [-0.4, -0.2) is 13.2 Å². The van der Waals surface area contributed by atoms with Crippen molar-refractivity contribution in [3.8, 4) is 0 Å². The summed E-state index contributed by atoms with van der Waals surface area (Å²) in [5.74, 6) is 0. The Hall–Kier alpha value is -1.96. The molecule has 0 radical (unpaired) electrons. The zero-order valence-corrected chi connectivity index (χ0v) is 11.1. The van der Waals surface area contributed by atoms with Crippen molar-refractivity contribution in [2.45, 2.75) is 20.0 Å². The van der Waals surface area contributed by atoms with Gasteiger partial charge in [0.2, 0.25) is 0 Å². The van der Waals surface area contributed by atoms with E-state index in [4.69, 9.17) is 0 Å². The van der Waals surface area contributed by atoms with Gasteiger partial charge in [-0.1, -0.05) is 30.3 Å². The van der Waals surface area contributed by atoms with Crippen molar-refractivity contribution >= 4 is 17.1 Å². The van der Waals surface area contributed by atoms with Gasteiger partial charge in [-0.05, 0) is 37.6 Å². The van der Waals surface area contributed by atoms with Crippen LogP contribution in [0, 0.1) is 6.92 Å². The maximum Gasteiger partial charge on any atom is 0.103 e. The summed E-state index contributed by atoms with van der Waals surface area (Å²) in [4.78, 5) is 4.73. The molecule has 0 fully saturated rings. The Morgan fingerprint density at radius 2 is 1.39 bits per heavy atom. The van der Waals surface area contributed by atoms with E-state index in [1.807, 2.05) is 0 Å². The van der Waals surface area contributed by atoms with Gasteiger partial charge in [0.25, 0.3) is 0 Å². The Labute approximate surface area is 108 Å². The molecule has 1 heterocycles. The number of fused-ring (bicyclic) bond motifs is 1. The molecule has 0 saturated heterocycles. The third-order valence-electron chi connectivity index (χ3n) is 3.83. The number of hydrogen-bond donors (Lipinski definition) is 0. The summed E-state index contributed by atoms with van der Waals surface area (Å²) in [7, 11) is 2.15. The minimum atomic E-state index is 0.350. The predicted molar refractivity (Wildman–Crippen MR) is 77.6 cm³/mol. The maximum atomic E-state index is 2.41. The number of para-hydroxylation sites is 3. The van der Waals surface area contributed by atoms with Crippen molar-refractivity contribution in [3.05, 3.63) is 54.1 Å². The van der Waals surface area contributed by atoms with E-state index in [-0.39, 0.29) is 0 Å². The molecule has 0 bridgehead atoms. The number of aryl methyl sites for hydroxylation is 1. The minimum Gasteiger partial charge on any atom is -0.353 e. The first-order chi connectivity index (χ1) is 8.70. The number of anilines is 3. The molecule has 0 saturated carbocycles. The zero-order valence-electron chi connectivity index (χ0n) is 11.1. The van der Waals surface area contributed by atoms with Gasteiger partial charge in [-0.2, -0.15) is 0 Å². The highest BCUT2D eigenvalue weighted by atomic mass is 15.4. The highest BCUT2D eigenvalue weighted by Crippen LogP contribution is 2.43. The topological polar surface area (TPSA) is 6.48 Å². The number of hydrogen-bond acceptors (Lipinski definition) is 2. The van der Waals surface area contributed by atoms with Crippen LogP contribution in [0.15, 0.2) is 48.5 Å². The molecule has 1 aliphatic heterocycles. The van der Waals surface area contributed by atoms with Crippen LogP contribution in [0.25, 0.3) is 0 Å². The maximum absolute atomic E-state index is 2.41. The van der Waals surface area contributed by atoms with Crippen LogP contribution in [0.4, 0.5) is 17.1 Å². The monoisotopic (exact) mass is 238 g/mol. The Morgan fingerprint density at radius 1 is 0.833 bits per heavy atom. The molecule has 0 aliphatic carbocycles. The van der Waals surface area contributed by atoms with E-state index in [0.29, 0.717) is 6.17 Å². The third-order valence-corrected chi connectivity index (χ3v) is 3.83. The molecule has 2 aromatic rings. The van der Waals surface area contributed by atoms with Crippen LogP contribution in [0.1, 0.15) is 12.5 Å². The molecule has 92 valence electrons. The lowest BCUT2D eigenvalue weighted by Gasteiger charge is -2.28. The van der Waals surface area contributed by atoms with E-state index in [1.165, 1.54) is 22.6 Å².